The largest absolute Gasteiger partial charge is 0.379 e. The summed E-state index contributed by atoms with van der Waals surface area (Å²) in [6.07, 6.45) is 0. The molecule has 20 heavy (non-hydrogen) atoms. The number of imidazole rings is 1. The van der Waals surface area contributed by atoms with E-state index in [9.17, 15) is 4.39 Å². The van der Waals surface area contributed by atoms with E-state index in [0.29, 0.717) is 23.5 Å². The number of anilines is 1. The second-order valence-corrected chi connectivity index (χ2v) is 5.24. The van der Waals surface area contributed by atoms with Crippen LogP contribution in [-0.4, -0.2) is 47.3 Å². The molecule has 1 aromatic heterocycles. The Morgan fingerprint density at radius 2 is 2.05 bits per heavy atom. The van der Waals surface area contributed by atoms with Gasteiger partial charge in [0.15, 0.2) is 0 Å². The lowest BCUT2D eigenvalue weighted by Gasteiger charge is -2.26. The van der Waals surface area contributed by atoms with Crippen molar-refractivity contribution in [2.45, 2.75) is 6.54 Å². The molecule has 0 spiro atoms. The molecule has 7 heteroatoms. The maximum Gasteiger partial charge on any atom is 0.201 e. The predicted octanol–water partition coefficient (Wildman–Crippen LogP) is 1.74. The Labute approximate surface area is 121 Å². The lowest BCUT2D eigenvalue weighted by atomic mass is 10.3. The third-order valence-corrected chi connectivity index (χ3v) is 3.85. The summed E-state index contributed by atoms with van der Waals surface area (Å²) in [5.74, 6) is -0.0679. The van der Waals surface area contributed by atoms with Crippen LogP contribution in [0.4, 0.5) is 10.3 Å². The Morgan fingerprint density at radius 3 is 2.80 bits per heavy atom. The third-order valence-electron chi connectivity index (χ3n) is 3.56. The predicted molar refractivity (Wildman–Crippen MR) is 76.4 cm³/mol. The van der Waals surface area contributed by atoms with Crippen molar-refractivity contribution in [2.75, 3.05) is 38.6 Å². The quantitative estimate of drug-likeness (QED) is 0.938. The highest BCUT2D eigenvalue weighted by Crippen LogP contribution is 2.24. The molecule has 5 nitrogen and oxygen atoms in total. The standard InChI is InChI=1S/C13H16ClFN4O/c14-9-7-11-12(8-10(9)15)19(13(16)17-11)2-1-18-3-5-20-6-4-18/h7-8H,1-6H2,(H2,16,17). The molecule has 1 saturated heterocycles. The topological polar surface area (TPSA) is 56.3 Å². The minimum atomic E-state index is -0.452. The maximum absolute atomic E-state index is 13.6. The van der Waals surface area contributed by atoms with Gasteiger partial charge in [-0.3, -0.25) is 4.90 Å². The Morgan fingerprint density at radius 1 is 1.30 bits per heavy atom. The number of halogens is 2. The molecule has 2 aromatic rings. The first kappa shape index (κ1) is 13.6. The van der Waals surface area contributed by atoms with Crippen LogP contribution in [0.5, 0.6) is 0 Å². The van der Waals surface area contributed by atoms with Gasteiger partial charge in [-0.1, -0.05) is 11.6 Å². The zero-order chi connectivity index (χ0) is 14.1. The summed E-state index contributed by atoms with van der Waals surface area (Å²) in [4.78, 5) is 6.52. The molecule has 1 aliphatic rings. The van der Waals surface area contributed by atoms with Crippen LogP contribution in [0.3, 0.4) is 0 Å². The molecule has 0 radical (unpaired) electrons. The highest BCUT2D eigenvalue weighted by molar-refractivity contribution is 6.31. The van der Waals surface area contributed by atoms with Crippen molar-refractivity contribution in [1.29, 1.82) is 0 Å². The van der Waals surface area contributed by atoms with Gasteiger partial charge in [0.1, 0.15) is 5.82 Å². The number of rotatable bonds is 3. The second kappa shape index (κ2) is 5.55. The number of aromatic nitrogens is 2. The van der Waals surface area contributed by atoms with E-state index >= 15 is 0 Å². The van der Waals surface area contributed by atoms with Crippen LogP contribution < -0.4 is 5.73 Å². The van der Waals surface area contributed by atoms with Crippen molar-refractivity contribution in [1.82, 2.24) is 14.5 Å². The fraction of sp³-hybridized carbons (Fsp3) is 0.462. The van der Waals surface area contributed by atoms with Gasteiger partial charge in [-0.2, -0.15) is 0 Å². The van der Waals surface area contributed by atoms with E-state index in [1.54, 1.807) is 0 Å². The summed E-state index contributed by atoms with van der Waals surface area (Å²) in [5.41, 5.74) is 7.21. The summed E-state index contributed by atoms with van der Waals surface area (Å²) in [6, 6.07) is 2.90. The van der Waals surface area contributed by atoms with E-state index in [-0.39, 0.29) is 5.02 Å². The van der Waals surface area contributed by atoms with Gasteiger partial charge in [-0.15, -0.1) is 0 Å². The van der Waals surface area contributed by atoms with Gasteiger partial charge in [0.05, 0.1) is 29.3 Å². The third kappa shape index (κ3) is 2.59. The minimum Gasteiger partial charge on any atom is -0.379 e. The Kier molecular flexibility index (Phi) is 3.78. The Hall–Kier alpha value is -1.37. The summed E-state index contributed by atoms with van der Waals surface area (Å²) < 4.78 is 20.7. The van der Waals surface area contributed by atoms with Gasteiger partial charge >= 0.3 is 0 Å². The molecule has 0 bridgehead atoms. The van der Waals surface area contributed by atoms with Crippen molar-refractivity contribution in [3.63, 3.8) is 0 Å². The average Bonchev–Trinajstić information content (AvgIpc) is 2.73. The van der Waals surface area contributed by atoms with Gasteiger partial charge in [0.2, 0.25) is 5.95 Å². The van der Waals surface area contributed by atoms with Gasteiger partial charge in [-0.25, -0.2) is 9.37 Å². The molecule has 2 N–H and O–H groups in total. The van der Waals surface area contributed by atoms with Gasteiger partial charge in [0, 0.05) is 32.2 Å². The number of nitrogens with zero attached hydrogens (tertiary/aromatic N) is 3. The molecule has 0 amide bonds. The van der Waals surface area contributed by atoms with E-state index in [4.69, 9.17) is 22.1 Å². The number of ether oxygens (including phenoxy) is 1. The fourth-order valence-corrected chi connectivity index (χ4v) is 2.60. The first-order valence-corrected chi connectivity index (χ1v) is 6.94. The van der Waals surface area contributed by atoms with E-state index in [1.165, 1.54) is 12.1 Å². The number of hydrogen-bond acceptors (Lipinski definition) is 4. The average molecular weight is 299 g/mol. The van der Waals surface area contributed by atoms with Crippen molar-refractivity contribution >= 4 is 28.6 Å². The molecular weight excluding hydrogens is 283 g/mol. The van der Waals surface area contributed by atoms with Crippen LogP contribution in [0.2, 0.25) is 5.02 Å². The zero-order valence-electron chi connectivity index (χ0n) is 11.0. The molecule has 2 heterocycles. The summed E-state index contributed by atoms with van der Waals surface area (Å²) >= 11 is 5.76. The monoisotopic (exact) mass is 298 g/mol. The number of morpholine rings is 1. The molecule has 3 rings (SSSR count). The molecule has 0 saturated carbocycles. The number of nitrogens with two attached hydrogens (primary N) is 1. The maximum atomic E-state index is 13.6. The van der Waals surface area contributed by atoms with E-state index in [0.717, 1.165) is 32.8 Å². The number of fused-ring (bicyclic) bond motifs is 1. The van der Waals surface area contributed by atoms with Crippen LogP contribution in [-0.2, 0) is 11.3 Å². The van der Waals surface area contributed by atoms with Crippen LogP contribution >= 0.6 is 11.6 Å². The molecule has 0 atom stereocenters. The van der Waals surface area contributed by atoms with Gasteiger partial charge in [-0.05, 0) is 6.07 Å². The molecule has 108 valence electrons. The molecule has 0 unspecified atom stereocenters. The molecule has 1 aromatic carbocycles. The van der Waals surface area contributed by atoms with Crippen molar-refractivity contribution in [3.05, 3.63) is 23.0 Å². The lowest BCUT2D eigenvalue weighted by Crippen LogP contribution is -2.38. The number of benzene rings is 1. The first-order valence-electron chi connectivity index (χ1n) is 6.56. The smallest absolute Gasteiger partial charge is 0.201 e. The highest BCUT2D eigenvalue weighted by Gasteiger charge is 2.14. The fourth-order valence-electron chi connectivity index (χ4n) is 2.44. The Bertz CT molecular complexity index is 624. The van der Waals surface area contributed by atoms with Gasteiger partial charge < -0.3 is 15.0 Å². The summed E-state index contributed by atoms with van der Waals surface area (Å²) in [6.45, 7) is 4.83. The van der Waals surface area contributed by atoms with Crippen molar-refractivity contribution in [2.24, 2.45) is 0 Å². The minimum absolute atomic E-state index is 0.0651. The number of hydrogen-bond donors (Lipinski definition) is 1. The second-order valence-electron chi connectivity index (χ2n) is 4.83. The van der Waals surface area contributed by atoms with E-state index in [2.05, 4.69) is 9.88 Å². The molecular formula is C13H16ClFN4O. The zero-order valence-corrected chi connectivity index (χ0v) is 11.7. The van der Waals surface area contributed by atoms with Crippen molar-refractivity contribution in [3.8, 4) is 0 Å². The Balaban J connectivity index is 1.83. The summed E-state index contributed by atoms with van der Waals surface area (Å²) in [5, 5.41) is 0.0651. The van der Waals surface area contributed by atoms with Crippen molar-refractivity contribution < 1.29 is 9.13 Å². The van der Waals surface area contributed by atoms with Gasteiger partial charge in [0.25, 0.3) is 0 Å². The lowest BCUT2D eigenvalue weighted by molar-refractivity contribution is 0.0366. The first-order chi connectivity index (χ1) is 9.65. The normalized spacial score (nSPS) is 16.9. The van der Waals surface area contributed by atoms with E-state index in [1.807, 2.05) is 4.57 Å². The van der Waals surface area contributed by atoms with Crippen LogP contribution in [0.25, 0.3) is 11.0 Å². The number of nitrogen functional groups attached to an aromatic ring is 1. The summed E-state index contributed by atoms with van der Waals surface area (Å²) in [7, 11) is 0. The molecule has 1 fully saturated rings. The van der Waals surface area contributed by atoms with Crippen LogP contribution in [0.15, 0.2) is 12.1 Å². The SMILES string of the molecule is Nc1nc2cc(Cl)c(F)cc2n1CCN1CCOCC1. The van der Waals surface area contributed by atoms with Crippen LogP contribution in [0.1, 0.15) is 0 Å². The highest BCUT2D eigenvalue weighted by atomic mass is 35.5. The van der Waals surface area contributed by atoms with E-state index < -0.39 is 5.82 Å². The van der Waals surface area contributed by atoms with Crippen LogP contribution in [0, 0.1) is 5.82 Å². The molecule has 1 aliphatic heterocycles. The molecule has 0 aliphatic carbocycles.